The van der Waals surface area contributed by atoms with Crippen LogP contribution in [0.15, 0.2) is 0 Å². The van der Waals surface area contributed by atoms with Crippen molar-refractivity contribution in [2.24, 2.45) is 11.7 Å². The number of hydrogen-bond acceptors (Lipinski definition) is 4. The average Bonchev–Trinajstić information content (AvgIpc) is 2.80. The number of methoxy groups -OCH3 is 2. The van der Waals surface area contributed by atoms with E-state index in [0.717, 1.165) is 38.5 Å². The van der Waals surface area contributed by atoms with Gasteiger partial charge in [-0.05, 0) is 38.3 Å². The molecule has 0 aromatic heterocycles. The molecular weight excluding hydrogens is 228 g/mol. The number of rotatable bonds is 9. The molecule has 0 saturated carbocycles. The van der Waals surface area contributed by atoms with E-state index in [1.165, 1.54) is 19.3 Å². The van der Waals surface area contributed by atoms with Gasteiger partial charge in [-0.3, -0.25) is 4.90 Å². The van der Waals surface area contributed by atoms with Crippen LogP contribution in [-0.4, -0.2) is 57.5 Å². The molecule has 1 heterocycles. The van der Waals surface area contributed by atoms with E-state index in [1.807, 2.05) is 0 Å². The molecule has 2 N–H and O–H groups in total. The molecule has 0 bridgehead atoms. The zero-order valence-electron chi connectivity index (χ0n) is 12.2. The Morgan fingerprint density at radius 1 is 1.17 bits per heavy atom. The van der Waals surface area contributed by atoms with Crippen molar-refractivity contribution < 1.29 is 9.47 Å². The van der Waals surface area contributed by atoms with Crippen LogP contribution in [0.4, 0.5) is 0 Å². The van der Waals surface area contributed by atoms with E-state index in [-0.39, 0.29) is 12.2 Å². The predicted molar refractivity (Wildman–Crippen MR) is 74.7 cm³/mol. The Morgan fingerprint density at radius 3 is 2.22 bits per heavy atom. The highest BCUT2D eigenvalue weighted by Crippen LogP contribution is 2.19. The van der Waals surface area contributed by atoms with Crippen LogP contribution in [0.25, 0.3) is 0 Å². The van der Waals surface area contributed by atoms with Gasteiger partial charge in [-0.1, -0.05) is 13.3 Å². The Labute approximate surface area is 112 Å². The van der Waals surface area contributed by atoms with Gasteiger partial charge in [0.2, 0.25) is 0 Å². The van der Waals surface area contributed by atoms with Gasteiger partial charge in [-0.15, -0.1) is 0 Å². The molecule has 18 heavy (non-hydrogen) atoms. The summed E-state index contributed by atoms with van der Waals surface area (Å²) in [6, 6.07) is 0. The molecule has 108 valence electrons. The van der Waals surface area contributed by atoms with Crippen LogP contribution in [-0.2, 0) is 9.47 Å². The van der Waals surface area contributed by atoms with Gasteiger partial charge in [-0.25, -0.2) is 0 Å². The van der Waals surface area contributed by atoms with Crippen molar-refractivity contribution in [3.63, 3.8) is 0 Å². The van der Waals surface area contributed by atoms with Gasteiger partial charge in [0.25, 0.3) is 0 Å². The molecule has 4 nitrogen and oxygen atoms in total. The van der Waals surface area contributed by atoms with Crippen molar-refractivity contribution in [3.8, 4) is 0 Å². The summed E-state index contributed by atoms with van der Waals surface area (Å²) in [6.07, 6.45) is 5.43. The zero-order chi connectivity index (χ0) is 13.4. The van der Waals surface area contributed by atoms with E-state index in [0.29, 0.717) is 0 Å². The Morgan fingerprint density at radius 2 is 1.78 bits per heavy atom. The van der Waals surface area contributed by atoms with E-state index >= 15 is 0 Å². The van der Waals surface area contributed by atoms with Crippen LogP contribution < -0.4 is 5.73 Å². The summed E-state index contributed by atoms with van der Waals surface area (Å²) in [5.41, 5.74) is 5.63. The number of ether oxygens (including phenoxy) is 2. The summed E-state index contributed by atoms with van der Waals surface area (Å²) in [4.78, 5) is 2.46. The molecule has 0 aliphatic carbocycles. The first-order chi connectivity index (χ1) is 8.74. The maximum Gasteiger partial charge on any atom is 0.0971 e. The number of likely N-dealkylation sites (tertiary alicyclic amines) is 1. The largest absolute Gasteiger partial charge is 0.377 e. The molecule has 4 heteroatoms. The monoisotopic (exact) mass is 258 g/mol. The number of nitrogens with zero attached hydrogens (tertiary/aromatic N) is 1. The third-order valence-electron chi connectivity index (χ3n) is 4.14. The smallest absolute Gasteiger partial charge is 0.0971 e. The standard InChI is InChI=1S/C14H30N2O2/c1-4-12(7-8-15)6-5-9-16-10-13(17-2)14(11-16)18-3/h12-14H,4-11,15H2,1-3H3. The minimum absolute atomic E-state index is 0.237. The van der Waals surface area contributed by atoms with Gasteiger partial charge in [0.1, 0.15) is 0 Å². The van der Waals surface area contributed by atoms with Gasteiger partial charge >= 0.3 is 0 Å². The third kappa shape index (κ3) is 4.84. The van der Waals surface area contributed by atoms with Crippen LogP contribution in [0.3, 0.4) is 0 Å². The van der Waals surface area contributed by atoms with E-state index in [2.05, 4.69) is 11.8 Å². The van der Waals surface area contributed by atoms with Crippen LogP contribution in [0.1, 0.15) is 32.6 Å². The fourth-order valence-electron chi connectivity index (χ4n) is 2.85. The van der Waals surface area contributed by atoms with E-state index in [1.54, 1.807) is 14.2 Å². The van der Waals surface area contributed by atoms with Crippen molar-refractivity contribution in [1.82, 2.24) is 4.90 Å². The van der Waals surface area contributed by atoms with Gasteiger partial charge in [-0.2, -0.15) is 0 Å². The molecule has 1 fully saturated rings. The van der Waals surface area contributed by atoms with Crippen molar-refractivity contribution in [1.29, 1.82) is 0 Å². The Hall–Kier alpha value is -0.160. The van der Waals surface area contributed by atoms with E-state index in [9.17, 15) is 0 Å². The van der Waals surface area contributed by atoms with Gasteiger partial charge in [0.15, 0.2) is 0 Å². The first-order valence-corrected chi connectivity index (χ1v) is 7.23. The summed E-state index contributed by atoms with van der Waals surface area (Å²) >= 11 is 0. The zero-order valence-corrected chi connectivity index (χ0v) is 12.2. The van der Waals surface area contributed by atoms with Crippen molar-refractivity contribution in [3.05, 3.63) is 0 Å². The lowest BCUT2D eigenvalue weighted by Crippen LogP contribution is -2.27. The fourth-order valence-corrected chi connectivity index (χ4v) is 2.85. The summed E-state index contributed by atoms with van der Waals surface area (Å²) in [7, 11) is 3.54. The quantitative estimate of drug-likeness (QED) is 0.680. The van der Waals surface area contributed by atoms with Crippen molar-refractivity contribution in [2.75, 3.05) is 40.4 Å². The molecule has 0 amide bonds. The molecule has 1 saturated heterocycles. The molecule has 0 spiro atoms. The molecule has 0 aromatic rings. The third-order valence-corrected chi connectivity index (χ3v) is 4.14. The summed E-state index contributed by atoms with van der Waals surface area (Å²) < 4.78 is 10.9. The highest BCUT2D eigenvalue weighted by Gasteiger charge is 2.32. The van der Waals surface area contributed by atoms with Crippen LogP contribution >= 0.6 is 0 Å². The molecule has 3 unspecified atom stereocenters. The molecule has 1 aliphatic rings. The van der Waals surface area contributed by atoms with Gasteiger partial charge in [0.05, 0.1) is 12.2 Å². The highest BCUT2D eigenvalue weighted by molar-refractivity contribution is 4.85. The molecule has 0 aromatic carbocycles. The van der Waals surface area contributed by atoms with E-state index in [4.69, 9.17) is 15.2 Å². The molecule has 0 radical (unpaired) electrons. The normalized spacial score (nSPS) is 26.7. The average molecular weight is 258 g/mol. The maximum atomic E-state index is 5.63. The topological polar surface area (TPSA) is 47.7 Å². The molecular formula is C14H30N2O2. The first kappa shape index (κ1) is 15.9. The SMILES string of the molecule is CCC(CCN)CCCN1CC(OC)C(OC)C1. The van der Waals surface area contributed by atoms with E-state index < -0.39 is 0 Å². The van der Waals surface area contributed by atoms with Crippen LogP contribution in [0, 0.1) is 5.92 Å². The predicted octanol–water partition coefficient (Wildman–Crippen LogP) is 1.49. The Bertz CT molecular complexity index is 202. The maximum absolute atomic E-state index is 5.63. The Balaban J connectivity index is 2.20. The summed E-state index contributed by atoms with van der Waals surface area (Å²) in [5.74, 6) is 0.800. The first-order valence-electron chi connectivity index (χ1n) is 7.23. The lowest BCUT2D eigenvalue weighted by Gasteiger charge is -2.18. The molecule has 1 aliphatic heterocycles. The summed E-state index contributed by atoms with van der Waals surface area (Å²) in [6.45, 7) is 6.24. The van der Waals surface area contributed by atoms with Crippen LogP contribution in [0.2, 0.25) is 0 Å². The Kier molecular flexibility index (Phi) is 7.82. The second-order valence-electron chi connectivity index (χ2n) is 5.30. The van der Waals surface area contributed by atoms with Gasteiger partial charge in [0, 0.05) is 27.3 Å². The lowest BCUT2D eigenvalue weighted by molar-refractivity contribution is -0.00461. The molecule has 3 atom stereocenters. The second-order valence-corrected chi connectivity index (χ2v) is 5.30. The number of hydrogen-bond donors (Lipinski definition) is 1. The minimum Gasteiger partial charge on any atom is -0.377 e. The van der Waals surface area contributed by atoms with Crippen molar-refractivity contribution in [2.45, 2.75) is 44.8 Å². The van der Waals surface area contributed by atoms with Crippen LogP contribution in [0.5, 0.6) is 0 Å². The fraction of sp³-hybridized carbons (Fsp3) is 1.00. The number of nitrogens with two attached hydrogens (primary N) is 1. The minimum atomic E-state index is 0.237. The van der Waals surface area contributed by atoms with Crippen molar-refractivity contribution >= 4 is 0 Å². The summed E-state index contributed by atoms with van der Waals surface area (Å²) in [5, 5.41) is 0. The lowest BCUT2D eigenvalue weighted by atomic mass is 9.97. The van der Waals surface area contributed by atoms with Gasteiger partial charge < -0.3 is 15.2 Å². The highest BCUT2D eigenvalue weighted by atomic mass is 16.5. The second kappa shape index (κ2) is 8.86. The molecule has 1 rings (SSSR count).